The predicted molar refractivity (Wildman–Crippen MR) is 79.6 cm³/mol. The zero-order valence-corrected chi connectivity index (χ0v) is 13.1. The van der Waals surface area contributed by atoms with Gasteiger partial charge in [-0.15, -0.1) is 0 Å². The second-order valence-electron chi connectivity index (χ2n) is 4.90. The van der Waals surface area contributed by atoms with Crippen LogP contribution in [0, 0.1) is 0 Å². The highest BCUT2D eigenvalue weighted by molar-refractivity contribution is 8.00. The van der Waals surface area contributed by atoms with Crippen molar-refractivity contribution in [2.45, 2.75) is 50.0 Å². The molecule has 0 radical (unpaired) electrons. The molecule has 4 nitrogen and oxygen atoms in total. The van der Waals surface area contributed by atoms with Gasteiger partial charge in [-0.2, -0.15) is 11.8 Å². The van der Waals surface area contributed by atoms with E-state index in [1.165, 1.54) is 18.6 Å². The summed E-state index contributed by atoms with van der Waals surface area (Å²) in [7, 11) is -3.17. The lowest BCUT2D eigenvalue weighted by molar-refractivity contribution is 0.552. The summed E-state index contributed by atoms with van der Waals surface area (Å²) in [4.78, 5) is 0. The van der Waals surface area contributed by atoms with Gasteiger partial charge in [0.15, 0.2) is 0 Å². The minimum absolute atomic E-state index is 0.363. The van der Waals surface area contributed by atoms with E-state index in [9.17, 15) is 8.42 Å². The zero-order chi connectivity index (χ0) is 13.4. The summed E-state index contributed by atoms with van der Waals surface area (Å²) in [6.45, 7) is 5.83. The van der Waals surface area contributed by atoms with Crippen molar-refractivity contribution in [3.8, 4) is 0 Å². The molecule has 1 fully saturated rings. The Morgan fingerprint density at radius 2 is 2.17 bits per heavy atom. The van der Waals surface area contributed by atoms with Crippen LogP contribution in [-0.2, 0) is 10.0 Å². The van der Waals surface area contributed by atoms with Crippen LogP contribution in [0.5, 0.6) is 0 Å². The Hall–Kier alpha value is 0.220. The molecule has 0 saturated carbocycles. The molecule has 2 unspecified atom stereocenters. The highest BCUT2D eigenvalue weighted by Crippen LogP contribution is 2.24. The van der Waals surface area contributed by atoms with Gasteiger partial charge in [-0.25, -0.2) is 13.1 Å². The van der Waals surface area contributed by atoms with Gasteiger partial charge < -0.3 is 5.32 Å². The molecular formula is C12H26N2O2S2. The molecule has 1 heterocycles. The first-order valence-corrected chi connectivity index (χ1v) is 9.46. The molecule has 6 heteroatoms. The summed E-state index contributed by atoms with van der Waals surface area (Å²) >= 11 is 1.89. The SMILES string of the molecule is CCCNCC(C)S(=O)(=O)NCC1CCCCS1. The van der Waals surface area contributed by atoms with Crippen LogP contribution in [0.25, 0.3) is 0 Å². The van der Waals surface area contributed by atoms with Crippen LogP contribution < -0.4 is 10.0 Å². The molecule has 0 aromatic carbocycles. The van der Waals surface area contributed by atoms with Crippen LogP contribution in [0.3, 0.4) is 0 Å². The van der Waals surface area contributed by atoms with Gasteiger partial charge in [-0.1, -0.05) is 13.3 Å². The fraction of sp³-hybridized carbons (Fsp3) is 1.00. The van der Waals surface area contributed by atoms with Gasteiger partial charge in [-0.3, -0.25) is 0 Å². The standard InChI is InChI=1S/C12H26N2O2S2/c1-3-7-13-9-11(2)18(15,16)14-10-12-6-4-5-8-17-12/h11-14H,3-10H2,1-2H3. The Morgan fingerprint density at radius 3 is 2.78 bits per heavy atom. The molecule has 0 spiro atoms. The molecule has 108 valence electrons. The molecule has 2 N–H and O–H groups in total. The van der Waals surface area contributed by atoms with Crippen LogP contribution in [0.4, 0.5) is 0 Å². The first-order chi connectivity index (χ1) is 8.56. The lowest BCUT2D eigenvalue weighted by Crippen LogP contribution is -2.41. The van der Waals surface area contributed by atoms with E-state index in [1.54, 1.807) is 6.92 Å². The lowest BCUT2D eigenvalue weighted by atomic mass is 10.2. The van der Waals surface area contributed by atoms with Crippen molar-refractivity contribution in [3.05, 3.63) is 0 Å². The molecule has 1 saturated heterocycles. The van der Waals surface area contributed by atoms with Crippen molar-refractivity contribution in [2.24, 2.45) is 0 Å². The Balaban J connectivity index is 2.28. The van der Waals surface area contributed by atoms with Gasteiger partial charge >= 0.3 is 0 Å². The summed E-state index contributed by atoms with van der Waals surface area (Å²) in [5.41, 5.74) is 0. The number of thioether (sulfide) groups is 1. The van der Waals surface area contributed by atoms with Gasteiger partial charge in [-0.05, 0) is 38.5 Å². The third-order valence-electron chi connectivity index (χ3n) is 3.17. The Morgan fingerprint density at radius 1 is 1.39 bits per heavy atom. The molecule has 0 bridgehead atoms. The molecule has 1 aliphatic heterocycles. The van der Waals surface area contributed by atoms with Crippen molar-refractivity contribution < 1.29 is 8.42 Å². The maximum atomic E-state index is 12.0. The first-order valence-electron chi connectivity index (χ1n) is 6.87. The van der Waals surface area contributed by atoms with Crippen molar-refractivity contribution in [2.75, 3.05) is 25.4 Å². The highest BCUT2D eigenvalue weighted by Gasteiger charge is 2.22. The van der Waals surface area contributed by atoms with E-state index in [1.807, 2.05) is 11.8 Å². The average molecular weight is 294 g/mol. The Kier molecular flexibility index (Phi) is 7.60. The normalized spacial score (nSPS) is 22.9. The summed E-state index contributed by atoms with van der Waals surface area (Å²) in [5, 5.41) is 3.25. The molecule has 0 aromatic heterocycles. The summed E-state index contributed by atoms with van der Waals surface area (Å²) in [5.74, 6) is 1.17. The lowest BCUT2D eigenvalue weighted by Gasteiger charge is -2.22. The van der Waals surface area contributed by atoms with E-state index >= 15 is 0 Å². The van der Waals surface area contributed by atoms with E-state index in [0.29, 0.717) is 18.3 Å². The molecule has 1 aliphatic rings. The maximum absolute atomic E-state index is 12.0. The van der Waals surface area contributed by atoms with Gasteiger partial charge in [0, 0.05) is 18.3 Å². The average Bonchev–Trinajstić information content (AvgIpc) is 2.38. The molecule has 0 aliphatic carbocycles. The summed E-state index contributed by atoms with van der Waals surface area (Å²) in [6, 6.07) is 0. The molecule has 1 rings (SSSR count). The van der Waals surface area contributed by atoms with E-state index in [0.717, 1.165) is 19.4 Å². The van der Waals surface area contributed by atoms with Crippen molar-refractivity contribution in [3.63, 3.8) is 0 Å². The van der Waals surface area contributed by atoms with Gasteiger partial charge in [0.25, 0.3) is 0 Å². The number of hydrogen-bond donors (Lipinski definition) is 2. The predicted octanol–water partition coefficient (Wildman–Crippen LogP) is 1.58. The monoisotopic (exact) mass is 294 g/mol. The van der Waals surface area contributed by atoms with E-state index in [2.05, 4.69) is 17.0 Å². The smallest absolute Gasteiger partial charge is 0.215 e. The second-order valence-corrected chi connectivity index (χ2v) is 8.49. The van der Waals surface area contributed by atoms with Crippen LogP contribution >= 0.6 is 11.8 Å². The first kappa shape index (κ1) is 16.3. The minimum Gasteiger partial charge on any atom is -0.315 e. The van der Waals surface area contributed by atoms with Crippen LogP contribution in [0.2, 0.25) is 0 Å². The summed E-state index contributed by atoms with van der Waals surface area (Å²) < 4.78 is 26.8. The van der Waals surface area contributed by atoms with Crippen LogP contribution in [-0.4, -0.2) is 44.3 Å². The highest BCUT2D eigenvalue weighted by atomic mass is 32.2. The number of rotatable bonds is 8. The largest absolute Gasteiger partial charge is 0.315 e. The molecule has 0 amide bonds. The zero-order valence-electron chi connectivity index (χ0n) is 11.4. The number of nitrogens with one attached hydrogen (secondary N) is 2. The molecule has 0 aromatic rings. The van der Waals surface area contributed by atoms with Crippen LogP contribution in [0.1, 0.15) is 39.5 Å². The van der Waals surface area contributed by atoms with E-state index < -0.39 is 10.0 Å². The maximum Gasteiger partial charge on any atom is 0.215 e. The van der Waals surface area contributed by atoms with Gasteiger partial charge in [0.2, 0.25) is 10.0 Å². The van der Waals surface area contributed by atoms with Gasteiger partial charge in [0.05, 0.1) is 5.25 Å². The fourth-order valence-corrected chi connectivity index (χ4v) is 4.31. The topological polar surface area (TPSA) is 58.2 Å². The number of hydrogen-bond acceptors (Lipinski definition) is 4. The third-order valence-corrected chi connectivity index (χ3v) is 6.37. The number of sulfonamides is 1. The quantitative estimate of drug-likeness (QED) is 0.667. The van der Waals surface area contributed by atoms with Crippen molar-refractivity contribution in [1.82, 2.24) is 10.0 Å². The third kappa shape index (κ3) is 5.91. The van der Waals surface area contributed by atoms with Crippen LogP contribution in [0.15, 0.2) is 0 Å². The van der Waals surface area contributed by atoms with E-state index in [-0.39, 0.29) is 5.25 Å². The minimum atomic E-state index is -3.17. The van der Waals surface area contributed by atoms with E-state index in [4.69, 9.17) is 0 Å². The fourth-order valence-electron chi connectivity index (χ4n) is 1.91. The molecule has 18 heavy (non-hydrogen) atoms. The van der Waals surface area contributed by atoms with Crippen molar-refractivity contribution >= 4 is 21.8 Å². The van der Waals surface area contributed by atoms with Gasteiger partial charge in [0.1, 0.15) is 0 Å². The summed E-state index contributed by atoms with van der Waals surface area (Å²) in [6.07, 6.45) is 4.66. The molecular weight excluding hydrogens is 268 g/mol. The Labute approximate surface area is 116 Å². The van der Waals surface area contributed by atoms with Crippen molar-refractivity contribution in [1.29, 1.82) is 0 Å². The molecule has 2 atom stereocenters. The Bertz CT molecular complexity index is 314. The second kappa shape index (κ2) is 8.40.